The summed E-state index contributed by atoms with van der Waals surface area (Å²) in [5.41, 5.74) is 0.537. The highest BCUT2D eigenvalue weighted by Crippen LogP contribution is 2.60. The highest BCUT2D eigenvalue weighted by atomic mass is 79.9. The quantitative estimate of drug-likeness (QED) is 0.507. The Balaban J connectivity index is 1.54. The van der Waals surface area contributed by atoms with E-state index in [0.29, 0.717) is 10.7 Å². The first-order valence-electron chi connectivity index (χ1n) is 8.52. The molecule has 3 fully saturated rings. The molecule has 5 nitrogen and oxygen atoms in total. The number of nitrogens with zero attached hydrogens (tertiary/aromatic N) is 1. The first-order chi connectivity index (χ1) is 12.3. The average Bonchev–Trinajstić information content (AvgIpc) is 3.19. The van der Waals surface area contributed by atoms with Gasteiger partial charge in [0.05, 0.1) is 11.8 Å². The highest BCUT2D eigenvalue weighted by Gasteiger charge is 2.67. The van der Waals surface area contributed by atoms with E-state index in [1.807, 2.05) is 0 Å². The molecule has 3 aliphatic rings. The van der Waals surface area contributed by atoms with Crippen LogP contribution in [0.15, 0.2) is 24.3 Å². The van der Waals surface area contributed by atoms with Crippen LogP contribution < -0.4 is 5.32 Å². The maximum absolute atomic E-state index is 13.0. The van der Waals surface area contributed by atoms with E-state index < -0.39 is 11.9 Å². The average molecular weight is 505 g/mol. The summed E-state index contributed by atoms with van der Waals surface area (Å²) >= 11 is 13.3. The van der Waals surface area contributed by atoms with Crippen LogP contribution in [0.4, 0.5) is 5.69 Å². The van der Waals surface area contributed by atoms with Crippen LogP contribution in [-0.2, 0) is 14.4 Å². The summed E-state index contributed by atoms with van der Waals surface area (Å²) in [6, 6.07) is 5.91. The smallest absolute Gasteiger partial charge is 0.247 e. The second kappa shape index (κ2) is 6.60. The van der Waals surface area contributed by atoms with E-state index in [4.69, 9.17) is 11.6 Å². The molecule has 3 amide bonds. The zero-order valence-corrected chi connectivity index (χ0v) is 17.8. The van der Waals surface area contributed by atoms with Gasteiger partial charge in [-0.2, -0.15) is 0 Å². The number of likely N-dealkylation sites (tertiary alicyclic amines) is 1. The molecule has 2 saturated carbocycles. The number of imide groups is 1. The van der Waals surface area contributed by atoms with Crippen LogP contribution in [0.1, 0.15) is 13.3 Å². The van der Waals surface area contributed by atoms with Crippen LogP contribution in [-0.4, -0.2) is 38.3 Å². The molecule has 4 rings (SSSR count). The number of rotatable bonds is 3. The fourth-order valence-corrected chi connectivity index (χ4v) is 6.75. The fraction of sp³-hybridized carbons (Fsp3) is 0.500. The summed E-state index contributed by atoms with van der Waals surface area (Å²) in [6.07, 6.45) is 0.871. The van der Waals surface area contributed by atoms with Crippen LogP contribution in [0.5, 0.6) is 0 Å². The van der Waals surface area contributed by atoms with Gasteiger partial charge in [0.2, 0.25) is 17.7 Å². The number of halogens is 3. The summed E-state index contributed by atoms with van der Waals surface area (Å²) < 4.78 is 0. The molecule has 1 aromatic rings. The molecule has 138 valence electrons. The van der Waals surface area contributed by atoms with Crippen LogP contribution >= 0.6 is 43.5 Å². The van der Waals surface area contributed by atoms with Gasteiger partial charge in [0.25, 0.3) is 0 Å². The lowest BCUT2D eigenvalue weighted by atomic mass is 9.81. The Kier molecular flexibility index (Phi) is 4.68. The molecule has 26 heavy (non-hydrogen) atoms. The summed E-state index contributed by atoms with van der Waals surface area (Å²) in [7, 11) is 0. The number of hydrogen-bond acceptors (Lipinski definition) is 3. The third-order valence-corrected chi connectivity index (χ3v) is 9.32. The van der Waals surface area contributed by atoms with Gasteiger partial charge in [-0.05, 0) is 43.4 Å². The molecule has 2 bridgehead atoms. The molecule has 0 radical (unpaired) electrons. The molecule has 7 unspecified atom stereocenters. The Morgan fingerprint density at radius 3 is 2.31 bits per heavy atom. The van der Waals surface area contributed by atoms with Gasteiger partial charge in [0, 0.05) is 20.4 Å². The van der Waals surface area contributed by atoms with Crippen molar-refractivity contribution in [1.29, 1.82) is 0 Å². The largest absolute Gasteiger partial charge is 0.324 e. The van der Waals surface area contributed by atoms with Crippen molar-refractivity contribution >= 4 is 66.9 Å². The summed E-state index contributed by atoms with van der Waals surface area (Å²) in [4.78, 5) is 40.1. The van der Waals surface area contributed by atoms with E-state index in [1.165, 1.54) is 4.90 Å². The van der Waals surface area contributed by atoms with Gasteiger partial charge >= 0.3 is 0 Å². The zero-order chi connectivity index (χ0) is 18.7. The lowest BCUT2D eigenvalue weighted by Gasteiger charge is -2.28. The topological polar surface area (TPSA) is 66.5 Å². The molecule has 0 spiro atoms. The third-order valence-electron chi connectivity index (χ3n) is 5.88. The minimum atomic E-state index is -0.860. The first kappa shape index (κ1) is 18.4. The van der Waals surface area contributed by atoms with Crippen LogP contribution in [0, 0.1) is 23.7 Å². The van der Waals surface area contributed by atoms with Gasteiger partial charge in [-0.15, -0.1) is 0 Å². The van der Waals surface area contributed by atoms with E-state index >= 15 is 0 Å². The molecule has 7 atom stereocenters. The lowest BCUT2D eigenvalue weighted by Crippen LogP contribution is -2.46. The van der Waals surface area contributed by atoms with Crippen LogP contribution in [0.2, 0.25) is 5.02 Å². The van der Waals surface area contributed by atoms with Crippen molar-refractivity contribution in [3.05, 3.63) is 29.3 Å². The predicted octanol–water partition coefficient (Wildman–Crippen LogP) is 3.44. The molecule has 8 heteroatoms. The van der Waals surface area contributed by atoms with Crippen molar-refractivity contribution in [2.24, 2.45) is 23.7 Å². The van der Waals surface area contributed by atoms with Crippen molar-refractivity contribution in [2.45, 2.75) is 29.0 Å². The van der Waals surface area contributed by atoms with Crippen molar-refractivity contribution in [1.82, 2.24) is 4.90 Å². The van der Waals surface area contributed by atoms with Crippen molar-refractivity contribution in [3.8, 4) is 0 Å². The summed E-state index contributed by atoms with van der Waals surface area (Å²) in [6.45, 7) is 1.59. The predicted molar refractivity (Wildman–Crippen MR) is 105 cm³/mol. The summed E-state index contributed by atoms with van der Waals surface area (Å²) in [5, 5.41) is 3.24. The highest BCUT2D eigenvalue weighted by molar-refractivity contribution is 9.12. The maximum Gasteiger partial charge on any atom is 0.247 e. The number of amides is 3. The Hall–Kier alpha value is -0.920. The molecular weight excluding hydrogens is 487 g/mol. The van der Waals surface area contributed by atoms with Gasteiger partial charge in [0.1, 0.15) is 6.04 Å². The van der Waals surface area contributed by atoms with Crippen molar-refractivity contribution in [3.63, 3.8) is 0 Å². The molecule has 1 heterocycles. The minimum Gasteiger partial charge on any atom is -0.324 e. The van der Waals surface area contributed by atoms with E-state index in [0.717, 1.165) is 6.42 Å². The Labute approximate surface area is 173 Å². The number of benzene rings is 1. The van der Waals surface area contributed by atoms with E-state index in [1.54, 1.807) is 31.2 Å². The first-order valence-corrected chi connectivity index (χ1v) is 10.7. The van der Waals surface area contributed by atoms with E-state index in [2.05, 4.69) is 37.2 Å². The number of nitrogens with one attached hydrogen (secondary N) is 1. The number of anilines is 1. The number of hydrogen-bond donors (Lipinski definition) is 1. The number of fused-ring (bicyclic) bond motifs is 5. The Morgan fingerprint density at radius 2 is 1.77 bits per heavy atom. The molecule has 0 aromatic heterocycles. The molecule has 1 aliphatic heterocycles. The van der Waals surface area contributed by atoms with E-state index in [-0.39, 0.29) is 45.1 Å². The fourth-order valence-electron chi connectivity index (χ4n) is 4.68. The Bertz CT molecular complexity index is 772. The van der Waals surface area contributed by atoms with Crippen molar-refractivity contribution in [2.75, 3.05) is 5.32 Å². The van der Waals surface area contributed by atoms with Gasteiger partial charge in [0.15, 0.2) is 0 Å². The standard InChI is InChI=1S/C18H17Br2ClN2O3/c1-7(16(24)22-9-4-2-3-8(21)5-9)23-17(25)12-10-6-11(13(12)18(23)26)15(20)14(10)19/h2-5,7,10-15H,6H2,1H3,(H,22,24). The zero-order valence-electron chi connectivity index (χ0n) is 13.9. The van der Waals surface area contributed by atoms with Crippen LogP contribution in [0.25, 0.3) is 0 Å². The second-order valence-electron chi connectivity index (χ2n) is 7.23. The summed E-state index contributed by atoms with van der Waals surface area (Å²) in [5.74, 6) is -1.18. The molecular formula is C18H17Br2ClN2O3. The van der Waals surface area contributed by atoms with Gasteiger partial charge in [-0.25, -0.2) is 0 Å². The normalized spacial score (nSPS) is 36.4. The number of carbonyl (C=O) groups excluding carboxylic acids is 3. The Morgan fingerprint density at radius 1 is 1.19 bits per heavy atom. The third kappa shape index (κ3) is 2.66. The monoisotopic (exact) mass is 502 g/mol. The van der Waals surface area contributed by atoms with Gasteiger partial charge in [-0.1, -0.05) is 49.5 Å². The van der Waals surface area contributed by atoms with Gasteiger partial charge in [-0.3, -0.25) is 19.3 Å². The number of carbonyl (C=O) groups is 3. The number of alkyl halides is 2. The molecule has 1 N–H and O–H groups in total. The van der Waals surface area contributed by atoms with Gasteiger partial charge < -0.3 is 5.32 Å². The molecule has 1 saturated heterocycles. The molecule has 1 aromatic carbocycles. The van der Waals surface area contributed by atoms with Crippen molar-refractivity contribution < 1.29 is 14.4 Å². The minimum absolute atomic E-state index is 0.138. The lowest BCUT2D eigenvalue weighted by molar-refractivity contribution is -0.146. The van der Waals surface area contributed by atoms with Crippen LogP contribution in [0.3, 0.4) is 0 Å². The maximum atomic E-state index is 13.0. The SMILES string of the molecule is CC(C(=O)Nc1cccc(Cl)c1)N1C(=O)C2C3CC(C(Br)C3Br)C2C1=O. The molecule has 2 aliphatic carbocycles. The second-order valence-corrected chi connectivity index (χ2v) is 9.78. The van der Waals surface area contributed by atoms with E-state index in [9.17, 15) is 14.4 Å².